The van der Waals surface area contributed by atoms with Crippen molar-refractivity contribution in [3.8, 4) is 5.75 Å². The van der Waals surface area contributed by atoms with Crippen LogP contribution in [0.1, 0.15) is 36.0 Å². The molecule has 0 amide bonds. The second-order valence-electron chi connectivity index (χ2n) is 4.40. The molecular formula is C14H21N3O3. The summed E-state index contributed by atoms with van der Waals surface area (Å²) in [6.45, 7) is 1.03. The van der Waals surface area contributed by atoms with Gasteiger partial charge >= 0.3 is 5.97 Å². The molecule has 0 bridgehead atoms. The van der Waals surface area contributed by atoms with Gasteiger partial charge in [-0.3, -0.25) is 4.99 Å². The molecule has 0 atom stereocenters. The number of unbranched alkanes of at least 4 members (excludes halogenated alkanes) is 3. The molecule has 6 heteroatoms. The molecule has 0 aromatic heterocycles. The molecule has 0 aliphatic carbocycles. The van der Waals surface area contributed by atoms with Crippen LogP contribution in [-0.2, 0) is 4.74 Å². The van der Waals surface area contributed by atoms with Gasteiger partial charge in [-0.05, 0) is 43.5 Å². The van der Waals surface area contributed by atoms with Crippen molar-refractivity contribution < 1.29 is 14.6 Å². The minimum atomic E-state index is -0.370. The highest BCUT2D eigenvalue weighted by atomic mass is 16.5. The van der Waals surface area contributed by atoms with Crippen LogP contribution in [-0.4, -0.2) is 30.2 Å². The third-order valence-corrected chi connectivity index (χ3v) is 2.68. The van der Waals surface area contributed by atoms with Gasteiger partial charge in [-0.2, -0.15) is 0 Å². The molecular weight excluding hydrogens is 258 g/mol. The first-order valence-electron chi connectivity index (χ1n) is 6.61. The number of nitrogens with two attached hydrogens (primary N) is 2. The van der Waals surface area contributed by atoms with Crippen LogP contribution in [0.5, 0.6) is 5.75 Å². The number of benzene rings is 1. The number of ether oxygens (including phenoxy) is 1. The first-order chi connectivity index (χ1) is 9.59. The Balaban J connectivity index is 2.08. The molecule has 110 valence electrons. The first kappa shape index (κ1) is 15.8. The Morgan fingerprint density at radius 1 is 1.10 bits per heavy atom. The van der Waals surface area contributed by atoms with Gasteiger partial charge in [0.15, 0.2) is 5.96 Å². The standard InChI is InChI=1S/C14H21N3O3/c15-14(16)17-9-3-1-2-4-10-20-13(19)11-5-7-12(18)8-6-11/h5-8,18H,1-4,9-10H2,(H4,15,16,17). The van der Waals surface area contributed by atoms with E-state index in [1.54, 1.807) is 0 Å². The van der Waals surface area contributed by atoms with E-state index in [0.717, 1.165) is 25.7 Å². The predicted molar refractivity (Wildman–Crippen MR) is 77.5 cm³/mol. The van der Waals surface area contributed by atoms with Gasteiger partial charge in [-0.15, -0.1) is 0 Å². The van der Waals surface area contributed by atoms with Gasteiger partial charge in [-0.25, -0.2) is 4.79 Å². The number of carbonyl (C=O) groups is 1. The maximum atomic E-state index is 11.6. The lowest BCUT2D eigenvalue weighted by Crippen LogP contribution is -2.22. The number of aliphatic imine (C=N–C) groups is 1. The minimum absolute atomic E-state index is 0.118. The number of rotatable bonds is 8. The average Bonchev–Trinajstić information content (AvgIpc) is 2.42. The third-order valence-electron chi connectivity index (χ3n) is 2.68. The maximum absolute atomic E-state index is 11.6. The minimum Gasteiger partial charge on any atom is -0.508 e. The van der Waals surface area contributed by atoms with E-state index in [9.17, 15) is 4.79 Å². The number of hydrogen-bond donors (Lipinski definition) is 3. The van der Waals surface area contributed by atoms with Crippen molar-refractivity contribution >= 4 is 11.9 Å². The molecule has 0 saturated carbocycles. The number of phenols is 1. The van der Waals surface area contributed by atoms with Gasteiger partial charge in [0.2, 0.25) is 0 Å². The summed E-state index contributed by atoms with van der Waals surface area (Å²) in [5.41, 5.74) is 10.9. The summed E-state index contributed by atoms with van der Waals surface area (Å²) in [6.07, 6.45) is 3.69. The Bertz CT molecular complexity index is 439. The summed E-state index contributed by atoms with van der Waals surface area (Å²) in [5, 5.41) is 9.11. The van der Waals surface area contributed by atoms with E-state index in [1.807, 2.05) is 0 Å². The predicted octanol–water partition coefficient (Wildman–Crippen LogP) is 1.38. The SMILES string of the molecule is NC(N)=NCCCCCCOC(=O)c1ccc(O)cc1. The molecule has 1 rings (SSSR count). The zero-order chi connectivity index (χ0) is 14.8. The molecule has 6 nitrogen and oxygen atoms in total. The Kier molecular flexibility index (Phi) is 6.95. The van der Waals surface area contributed by atoms with Crippen LogP contribution in [0.2, 0.25) is 0 Å². The molecule has 5 N–H and O–H groups in total. The number of nitrogens with zero attached hydrogens (tertiary/aromatic N) is 1. The number of hydrogen-bond acceptors (Lipinski definition) is 4. The molecule has 0 fully saturated rings. The molecule has 1 aromatic carbocycles. The topological polar surface area (TPSA) is 111 Å². The van der Waals surface area contributed by atoms with Crippen LogP contribution in [0, 0.1) is 0 Å². The summed E-state index contributed by atoms with van der Waals surface area (Å²) in [5.74, 6) is -0.124. The monoisotopic (exact) mass is 279 g/mol. The fraction of sp³-hybridized carbons (Fsp3) is 0.429. The molecule has 0 saturated heterocycles. The molecule has 0 aliphatic rings. The maximum Gasteiger partial charge on any atom is 0.338 e. The summed E-state index contributed by atoms with van der Waals surface area (Å²) in [6, 6.07) is 5.99. The van der Waals surface area contributed by atoms with E-state index < -0.39 is 0 Å². The third kappa shape index (κ3) is 6.63. The van der Waals surface area contributed by atoms with Crippen molar-refractivity contribution in [3.05, 3.63) is 29.8 Å². The Labute approximate surface area is 118 Å². The van der Waals surface area contributed by atoms with Crippen LogP contribution in [0.3, 0.4) is 0 Å². The summed E-state index contributed by atoms with van der Waals surface area (Å²) in [4.78, 5) is 15.5. The molecule has 0 heterocycles. The summed E-state index contributed by atoms with van der Waals surface area (Å²) in [7, 11) is 0. The van der Waals surface area contributed by atoms with Crippen LogP contribution in [0.15, 0.2) is 29.3 Å². The van der Waals surface area contributed by atoms with Crippen LogP contribution in [0.25, 0.3) is 0 Å². The van der Waals surface area contributed by atoms with Gasteiger partial charge in [0.1, 0.15) is 5.75 Å². The van der Waals surface area contributed by atoms with E-state index >= 15 is 0 Å². The second kappa shape index (κ2) is 8.79. The molecule has 0 unspecified atom stereocenters. The zero-order valence-electron chi connectivity index (χ0n) is 11.4. The lowest BCUT2D eigenvalue weighted by Gasteiger charge is -2.04. The van der Waals surface area contributed by atoms with Crippen LogP contribution >= 0.6 is 0 Å². The Hall–Kier alpha value is -2.24. The Morgan fingerprint density at radius 2 is 1.75 bits per heavy atom. The lowest BCUT2D eigenvalue weighted by atomic mass is 10.2. The molecule has 1 aromatic rings. The second-order valence-corrected chi connectivity index (χ2v) is 4.40. The van der Waals surface area contributed by atoms with E-state index in [-0.39, 0.29) is 17.7 Å². The van der Waals surface area contributed by atoms with E-state index in [0.29, 0.717) is 18.7 Å². The quantitative estimate of drug-likeness (QED) is 0.288. The highest BCUT2D eigenvalue weighted by Gasteiger charge is 2.06. The van der Waals surface area contributed by atoms with Gasteiger partial charge < -0.3 is 21.3 Å². The van der Waals surface area contributed by atoms with Gasteiger partial charge in [0.25, 0.3) is 0 Å². The van der Waals surface area contributed by atoms with Crippen molar-refractivity contribution in [3.63, 3.8) is 0 Å². The van der Waals surface area contributed by atoms with E-state index in [1.165, 1.54) is 24.3 Å². The first-order valence-corrected chi connectivity index (χ1v) is 6.61. The molecule has 20 heavy (non-hydrogen) atoms. The Morgan fingerprint density at radius 3 is 2.40 bits per heavy atom. The van der Waals surface area contributed by atoms with Crippen molar-refractivity contribution in [1.82, 2.24) is 0 Å². The van der Waals surface area contributed by atoms with Crippen molar-refractivity contribution in [2.45, 2.75) is 25.7 Å². The smallest absolute Gasteiger partial charge is 0.338 e. The number of phenolic OH excluding ortho intramolecular Hbond substituents is 1. The number of guanidine groups is 1. The zero-order valence-corrected chi connectivity index (χ0v) is 11.4. The highest BCUT2D eigenvalue weighted by molar-refractivity contribution is 5.89. The molecule has 0 radical (unpaired) electrons. The van der Waals surface area contributed by atoms with E-state index in [4.69, 9.17) is 21.3 Å². The van der Waals surface area contributed by atoms with Crippen molar-refractivity contribution in [1.29, 1.82) is 0 Å². The molecule has 0 spiro atoms. The van der Waals surface area contributed by atoms with Gasteiger partial charge in [0.05, 0.1) is 12.2 Å². The van der Waals surface area contributed by atoms with Crippen LogP contribution < -0.4 is 11.5 Å². The normalized spacial score (nSPS) is 10.0. The van der Waals surface area contributed by atoms with Gasteiger partial charge in [-0.1, -0.05) is 6.42 Å². The average molecular weight is 279 g/mol. The highest BCUT2D eigenvalue weighted by Crippen LogP contribution is 2.11. The molecule has 0 aliphatic heterocycles. The van der Waals surface area contributed by atoms with E-state index in [2.05, 4.69) is 4.99 Å². The van der Waals surface area contributed by atoms with Crippen molar-refractivity contribution in [2.24, 2.45) is 16.5 Å². The fourth-order valence-corrected chi connectivity index (χ4v) is 1.62. The number of carbonyl (C=O) groups excluding carboxylic acids is 1. The number of aromatic hydroxyl groups is 1. The van der Waals surface area contributed by atoms with Crippen LogP contribution in [0.4, 0.5) is 0 Å². The van der Waals surface area contributed by atoms with Crippen molar-refractivity contribution in [2.75, 3.05) is 13.2 Å². The lowest BCUT2D eigenvalue weighted by molar-refractivity contribution is 0.0497. The summed E-state index contributed by atoms with van der Waals surface area (Å²) >= 11 is 0. The largest absolute Gasteiger partial charge is 0.508 e. The fourth-order valence-electron chi connectivity index (χ4n) is 1.62. The van der Waals surface area contributed by atoms with Gasteiger partial charge in [0, 0.05) is 6.54 Å². The number of esters is 1. The summed E-state index contributed by atoms with van der Waals surface area (Å²) < 4.78 is 5.12.